The van der Waals surface area contributed by atoms with E-state index in [-0.39, 0.29) is 5.91 Å². The van der Waals surface area contributed by atoms with Gasteiger partial charge in [0.05, 0.1) is 6.04 Å². The highest BCUT2D eigenvalue weighted by Crippen LogP contribution is 2.38. The smallest absolute Gasteiger partial charge is 0.342 e. The molecule has 1 aromatic carbocycles. The molecule has 1 atom stereocenters. The first-order valence-electron chi connectivity index (χ1n) is 11.1. The molecule has 0 fully saturated rings. The zero-order valence-corrected chi connectivity index (χ0v) is 20.7. The van der Waals surface area contributed by atoms with E-state index < -0.39 is 23.7 Å². The molecule has 6 N–H and O–H groups in total. The molecule has 1 aromatic heterocycles. The van der Waals surface area contributed by atoms with Gasteiger partial charge in [-0.3, -0.25) is 14.6 Å². The number of thioether (sulfide) groups is 1. The van der Waals surface area contributed by atoms with Crippen LogP contribution in [0.5, 0.6) is 0 Å². The Morgan fingerprint density at radius 3 is 2.46 bits per heavy atom. The van der Waals surface area contributed by atoms with Gasteiger partial charge in [0.2, 0.25) is 5.91 Å². The fourth-order valence-electron chi connectivity index (χ4n) is 4.36. The first-order chi connectivity index (χ1) is 16.4. The Hall–Kier alpha value is -2.54. The number of carbonyl (C=O) groups excluding carboxylic acids is 2. The van der Waals surface area contributed by atoms with E-state index in [0.717, 1.165) is 27.9 Å². The van der Waals surface area contributed by atoms with Crippen LogP contribution in [-0.2, 0) is 22.4 Å². The summed E-state index contributed by atoms with van der Waals surface area (Å²) in [7, 11) is 1.75. The van der Waals surface area contributed by atoms with E-state index in [4.69, 9.17) is 15.3 Å². The van der Waals surface area contributed by atoms with Crippen LogP contribution in [0.1, 0.15) is 42.0 Å². The monoisotopic (exact) mass is 505 g/mol. The van der Waals surface area contributed by atoms with Crippen molar-refractivity contribution < 1.29 is 35.1 Å². The number of nitrogens with zero attached hydrogens (tertiary/aromatic N) is 2. The van der Waals surface area contributed by atoms with Gasteiger partial charge in [-0.15, -0.1) is 0 Å². The summed E-state index contributed by atoms with van der Waals surface area (Å²) in [4.78, 5) is 30.1. The van der Waals surface area contributed by atoms with Gasteiger partial charge in [-0.05, 0) is 72.6 Å². The lowest BCUT2D eigenvalue weighted by atomic mass is 9.84. The number of benzene rings is 1. The summed E-state index contributed by atoms with van der Waals surface area (Å²) in [6.45, 7) is 0. The maximum Gasteiger partial charge on any atom is 0.342 e. The van der Waals surface area contributed by atoms with E-state index in [1.54, 1.807) is 36.1 Å². The summed E-state index contributed by atoms with van der Waals surface area (Å²) in [5.74, 6) is -9.30. The van der Waals surface area contributed by atoms with Crippen molar-refractivity contribution in [2.45, 2.75) is 49.9 Å². The van der Waals surface area contributed by atoms with E-state index >= 15 is 0 Å². The largest absolute Gasteiger partial charge is 0.352 e. The Labute approximate surface area is 207 Å². The number of hydrogen-bond acceptors (Lipinski definition) is 9. The molecule has 0 spiro atoms. The Bertz CT molecular complexity index is 1100. The average molecular weight is 506 g/mol. The maximum atomic E-state index is 12.2. The molecule has 2 amide bonds. The molecule has 1 unspecified atom stereocenters. The number of aryl methyl sites for hydroxylation is 1. The zero-order chi connectivity index (χ0) is 26.0. The van der Waals surface area contributed by atoms with Crippen molar-refractivity contribution in [3.63, 3.8) is 0 Å². The number of amides is 2. The fourth-order valence-corrected chi connectivity index (χ4v) is 4.36. The normalized spacial score (nSPS) is 17.7. The molecule has 11 heteroatoms. The average Bonchev–Trinajstić information content (AvgIpc) is 2.81. The quantitative estimate of drug-likeness (QED) is 0.324. The third-order valence-corrected chi connectivity index (χ3v) is 6.21. The molecule has 0 saturated heterocycles. The molecule has 0 radical (unpaired) electrons. The second-order valence-electron chi connectivity index (χ2n) is 8.69. The summed E-state index contributed by atoms with van der Waals surface area (Å²) in [5.41, 5.74) is 5.31. The van der Waals surface area contributed by atoms with Crippen LogP contribution < -0.4 is 10.2 Å². The summed E-state index contributed by atoms with van der Waals surface area (Å²) >= 11 is 1.75. The molecule has 35 heavy (non-hydrogen) atoms. The van der Waals surface area contributed by atoms with Crippen LogP contribution in [0, 0.1) is 0 Å². The maximum absolute atomic E-state index is 12.2. The number of nitrogens with one attached hydrogen (secondary N) is 1. The van der Waals surface area contributed by atoms with Gasteiger partial charge in [0.25, 0.3) is 5.91 Å². The number of aliphatic hydroxyl groups is 5. The Kier molecular flexibility index (Phi) is 8.20. The zero-order valence-electron chi connectivity index (χ0n) is 19.9. The molecule has 2 heterocycles. The second kappa shape index (κ2) is 10.6. The molecular weight excluding hydrogens is 474 g/mol. The number of rotatable bonds is 4. The van der Waals surface area contributed by atoms with Gasteiger partial charge in [-0.1, -0.05) is 6.07 Å². The SMILES string of the molecule is CN1C(=O)CCc2cc(-c3cncc4c3CCCC4NC(=O)C(O)(O)C(O)(O)O)ccc21.CSC. The van der Waals surface area contributed by atoms with Crippen LogP contribution in [-0.4, -0.2) is 73.7 Å². The van der Waals surface area contributed by atoms with Crippen molar-refractivity contribution >= 4 is 29.3 Å². The predicted molar refractivity (Wildman–Crippen MR) is 131 cm³/mol. The van der Waals surface area contributed by atoms with Gasteiger partial charge < -0.3 is 35.7 Å². The fraction of sp³-hybridized carbons (Fsp3) is 0.458. The summed E-state index contributed by atoms with van der Waals surface area (Å²) in [6, 6.07) is 5.18. The lowest BCUT2D eigenvalue weighted by Gasteiger charge is -2.33. The minimum atomic E-state index is -4.02. The summed E-state index contributed by atoms with van der Waals surface area (Å²) in [6.07, 6.45) is 10.3. The van der Waals surface area contributed by atoms with Crippen molar-refractivity contribution in [3.05, 3.63) is 47.3 Å². The van der Waals surface area contributed by atoms with Crippen molar-refractivity contribution in [1.29, 1.82) is 0 Å². The number of anilines is 1. The molecule has 1 aliphatic heterocycles. The minimum Gasteiger partial charge on any atom is -0.352 e. The Morgan fingerprint density at radius 2 is 1.80 bits per heavy atom. The Balaban J connectivity index is 0.00000108. The number of fused-ring (bicyclic) bond motifs is 2. The first kappa shape index (κ1) is 27.1. The van der Waals surface area contributed by atoms with Gasteiger partial charge in [-0.25, -0.2) is 0 Å². The van der Waals surface area contributed by atoms with E-state index in [1.807, 2.05) is 30.7 Å². The van der Waals surface area contributed by atoms with Crippen molar-refractivity contribution in [3.8, 4) is 11.1 Å². The van der Waals surface area contributed by atoms with E-state index in [9.17, 15) is 19.8 Å². The van der Waals surface area contributed by atoms with Crippen molar-refractivity contribution in [1.82, 2.24) is 10.3 Å². The van der Waals surface area contributed by atoms with E-state index in [0.29, 0.717) is 37.7 Å². The number of pyridine rings is 1. The first-order valence-corrected chi connectivity index (χ1v) is 12.7. The standard InChI is InChI=1S/C22H25N3O7.C2H6S/c1-25-18-7-5-12(9-13(18)6-8-19(25)26)15-10-23-11-16-14(15)3-2-4-17(16)24-20(27)21(28,29)22(30,31)32;1-3-2/h5,7,9-11,17,28-32H,2-4,6,8H2,1H3,(H,24,27);1-2H3. The molecule has 2 aromatic rings. The molecule has 0 bridgehead atoms. The van der Waals surface area contributed by atoms with Gasteiger partial charge in [-0.2, -0.15) is 11.8 Å². The molecule has 2 aliphatic rings. The van der Waals surface area contributed by atoms with Crippen LogP contribution >= 0.6 is 11.8 Å². The van der Waals surface area contributed by atoms with Crippen LogP contribution in [0.2, 0.25) is 0 Å². The molecule has 190 valence electrons. The second-order valence-corrected chi connectivity index (χ2v) is 9.50. The van der Waals surface area contributed by atoms with Crippen LogP contribution in [0.15, 0.2) is 30.6 Å². The predicted octanol–water partition coefficient (Wildman–Crippen LogP) is 0.442. The lowest BCUT2D eigenvalue weighted by Crippen LogP contribution is -2.63. The topological polar surface area (TPSA) is 163 Å². The van der Waals surface area contributed by atoms with Crippen LogP contribution in [0.25, 0.3) is 11.1 Å². The van der Waals surface area contributed by atoms with E-state index in [1.165, 1.54) is 0 Å². The van der Waals surface area contributed by atoms with E-state index in [2.05, 4.69) is 10.3 Å². The van der Waals surface area contributed by atoms with Gasteiger partial charge in [0.1, 0.15) is 0 Å². The highest BCUT2D eigenvalue weighted by atomic mass is 32.2. The van der Waals surface area contributed by atoms with Gasteiger partial charge in [0, 0.05) is 37.1 Å². The highest BCUT2D eigenvalue weighted by Gasteiger charge is 2.53. The highest BCUT2D eigenvalue weighted by molar-refractivity contribution is 7.97. The summed E-state index contributed by atoms with van der Waals surface area (Å²) in [5, 5.41) is 48.9. The van der Waals surface area contributed by atoms with Crippen molar-refractivity contribution in [2.24, 2.45) is 0 Å². The molecule has 4 rings (SSSR count). The van der Waals surface area contributed by atoms with Gasteiger partial charge in [0.15, 0.2) is 0 Å². The number of hydrogen-bond donors (Lipinski definition) is 6. The minimum absolute atomic E-state index is 0.0732. The van der Waals surface area contributed by atoms with Crippen LogP contribution in [0.4, 0.5) is 5.69 Å². The van der Waals surface area contributed by atoms with Crippen molar-refractivity contribution in [2.75, 3.05) is 24.5 Å². The molecule has 10 nitrogen and oxygen atoms in total. The third kappa shape index (κ3) is 5.50. The van der Waals surface area contributed by atoms with Gasteiger partial charge >= 0.3 is 11.8 Å². The molecule has 0 saturated carbocycles. The molecule has 1 aliphatic carbocycles. The van der Waals surface area contributed by atoms with Crippen LogP contribution in [0.3, 0.4) is 0 Å². The Morgan fingerprint density at radius 1 is 1.11 bits per heavy atom. The molecular formula is C24H31N3O7S. The number of carbonyl (C=O) groups is 2. The number of aromatic nitrogens is 1. The third-order valence-electron chi connectivity index (χ3n) is 6.21. The summed E-state index contributed by atoms with van der Waals surface area (Å²) < 4.78 is 0. The lowest BCUT2D eigenvalue weighted by molar-refractivity contribution is -0.428.